The fraction of sp³-hybridized carbons (Fsp3) is 0.588. The van der Waals surface area contributed by atoms with Gasteiger partial charge in [0.15, 0.2) is 0 Å². The van der Waals surface area contributed by atoms with Gasteiger partial charge in [-0.3, -0.25) is 0 Å². The average Bonchev–Trinajstić information content (AvgIpc) is 2.52. The molecule has 1 aromatic carbocycles. The van der Waals surface area contributed by atoms with Crippen molar-refractivity contribution in [2.75, 3.05) is 19.7 Å². The maximum absolute atomic E-state index is 14.0. The lowest BCUT2D eigenvalue weighted by Crippen LogP contribution is -2.57. The quantitative estimate of drug-likeness (QED) is 0.893. The Morgan fingerprint density at radius 3 is 2.38 bits per heavy atom. The summed E-state index contributed by atoms with van der Waals surface area (Å²) in [6.07, 6.45) is 0.172. The van der Waals surface area contributed by atoms with Gasteiger partial charge >= 0.3 is 6.09 Å². The molecule has 2 unspecified atom stereocenters. The van der Waals surface area contributed by atoms with Crippen LogP contribution in [0.1, 0.15) is 32.8 Å². The van der Waals surface area contributed by atoms with Crippen LogP contribution in [0.2, 0.25) is 0 Å². The number of carbonyl (C=O) groups excluding carboxylic acids is 1. The van der Waals surface area contributed by atoms with E-state index in [2.05, 4.69) is 5.32 Å². The number of halogens is 2. The third-order valence-corrected chi connectivity index (χ3v) is 3.97. The van der Waals surface area contributed by atoms with E-state index in [0.717, 1.165) is 18.6 Å². The van der Waals surface area contributed by atoms with Crippen LogP contribution in [0.25, 0.3) is 0 Å². The lowest BCUT2D eigenvalue weighted by Gasteiger charge is -2.38. The second kappa shape index (κ2) is 8.28. The largest absolute Gasteiger partial charge is 0.493 e. The highest BCUT2D eigenvalue weighted by molar-refractivity contribution is 5.68. The Morgan fingerprint density at radius 2 is 1.83 bits per heavy atom. The normalized spacial score (nSPS) is 20.8. The Labute approximate surface area is 140 Å². The second-order valence-corrected chi connectivity index (χ2v) is 6.03. The number of carbonyl (C=O) groups is 1. The number of ether oxygens (including phenoxy) is 2. The highest BCUT2D eigenvalue weighted by Crippen LogP contribution is 2.22. The van der Waals surface area contributed by atoms with Crippen molar-refractivity contribution in [1.82, 2.24) is 10.2 Å². The number of nitrogens with one attached hydrogen (secondary N) is 1. The number of rotatable bonds is 5. The summed E-state index contributed by atoms with van der Waals surface area (Å²) >= 11 is 0. The zero-order valence-corrected chi connectivity index (χ0v) is 14.3. The van der Waals surface area contributed by atoms with Crippen LogP contribution in [-0.2, 0) is 11.3 Å². The molecule has 1 amide bonds. The third kappa shape index (κ3) is 4.35. The van der Waals surface area contributed by atoms with Gasteiger partial charge in [0, 0.05) is 37.3 Å². The van der Waals surface area contributed by atoms with Gasteiger partial charge in [0.1, 0.15) is 24.0 Å². The summed E-state index contributed by atoms with van der Waals surface area (Å²) in [6, 6.07) is 2.14. The summed E-state index contributed by atoms with van der Waals surface area (Å²) in [5, 5.41) is 3.20. The van der Waals surface area contributed by atoms with Gasteiger partial charge in [0.25, 0.3) is 0 Å². The fourth-order valence-electron chi connectivity index (χ4n) is 2.72. The first-order valence-electron chi connectivity index (χ1n) is 8.20. The summed E-state index contributed by atoms with van der Waals surface area (Å²) in [5.41, 5.74) is -0.275. The van der Waals surface area contributed by atoms with E-state index in [4.69, 9.17) is 9.47 Å². The molecule has 7 heteroatoms. The van der Waals surface area contributed by atoms with E-state index in [9.17, 15) is 13.6 Å². The summed E-state index contributed by atoms with van der Waals surface area (Å²) in [4.78, 5) is 13.8. The minimum absolute atomic E-state index is 0.0410. The molecule has 0 radical (unpaired) electrons. The average molecular weight is 342 g/mol. The summed E-state index contributed by atoms with van der Waals surface area (Å²) in [7, 11) is 0. The molecule has 1 aliphatic heterocycles. The highest BCUT2D eigenvalue weighted by atomic mass is 19.1. The van der Waals surface area contributed by atoms with E-state index in [1.165, 1.54) is 0 Å². The monoisotopic (exact) mass is 342 g/mol. The Balaban J connectivity index is 2.02. The van der Waals surface area contributed by atoms with Gasteiger partial charge in [-0.2, -0.15) is 0 Å². The summed E-state index contributed by atoms with van der Waals surface area (Å²) in [6.45, 7) is 6.94. The molecular weight excluding hydrogens is 318 g/mol. The predicted molar refractivity (Wildman–Crippen MR) is 86.0 cm³/mol. The Hall–Kier alpha value is -1.89. The molecule has 134 valence electrons. The van der Waals surface area contributed by atoms with Crippen molar-refractivity contribution in [3.63, 3.8) is 0 Å². The summed E-state index contributed by atoms with van der Waals surface area (Å²) in [5.74, 6) is -1.43. The van der Waals surface area contributed by atoms with Gasteiger partial charge in [-0.25, -0.2) is 13.6 Å². The maximum atomic E-state index is 14.0. The topological polar surface area (TPSA) is 50.8 Å². The molecule has 5 nitrogen and oxygen atoms in total. The Bertz CT molecular complexity index is 550. The van der Waals surface area contributed by atoms with Gasteiger partial charge in [0.05, 0.1) is 12.2 Å². The molecule has 2 rings (SSSR count). The smallest absolute Gasteiger partial charge is 0.410 e. The Morgan fingerprint density at radius 1 is 1.25 bits per heavy atom. The zero-order chi connectivity index (χ0) is 17.7. The van der Waals surface area contributed by atoms with Crippen LogP contribution < -0.4 is 10.1 Å². The van der Waals surface area contributed by atoms with E-state index in [1.807, 2.05) is 20.8 Å². The number of hydrogen-bond acceptors (Lipinski definition) is 4. The third-order valence-electron chi connectivity index (χ3n) is 3.97. The molecule has 0 saturated carbocycles. The lowest BCUT2D eigenvalue weighted by molar-refractivity contribution is 0.0551. The van der Waals surface area contributed by atoms with Crippen LogP contribution in [-0.4, -0.2) is 42.8 Å². The van der Waals surface area contributed by atoms with Crippen molar-refractivity contribution in [2.45, 2.75) is 45.9 Å². The van der Waals surface area contributed by atoms with Crippen molar-refractivity contribution in [3.8, 4) is 5.75 Å². The molecule has 0 aliphatic carbocycles. The molecular formula is C17H24F2N2O3. The lowest BCUT2D eigenvalue weighted by atomic mass is 10.1. The Kier molecular flexibility index (Phi) is 6.36. The maximum Gasteiger partial charge on any atom is 0.410 e. The molecule has 1 heterocycles. The SMILES string of the molecule is CCCOc1cc(F)c(COC(=O)N2C(C)CNCC2C)c(F)c1. The summed E-state index contributed by atoms with van der Waals surface area (Å²) < 4.78 is 38.4. The highest BCUT2D eigenvalue weighted by Gasteiger charge is 2.30. The van der Waals surface area contributed by atoms with E-state index >= 15 is 0 Å². The number of piperazine rings is 1. The van der Waals surface area contributed by atoms with E-state index < -0.39 is 24.3 Å². The van der Waals surface area contributed by atoms with Crippen molar-refractivity contribution >= 4 is 6.09 Å². The van der Waals surface area contributed by atoms with Crippen LogP contribution in [0.15, 0.2) is 12.1 Å². The molecule has 1 fully saturated rings. The minimum Gasteiger partial charge on any atom is -0.493 e. The number of amides is 1. The molecule has 0 aromatic heterocycles. The van der Waals surface area contributed by atoms with Crippen LogP contribution in [0.5, 0.6) is 5.75 Å². The standard InChI is InChI=1S/C17H24F2N2O3/c1-4-5-23-13-6-15(18)14(16(19)7-13)10-24-17(22)21-11(2)8-20-9-12(21)3/h6-7,11-12,20H,4-5,8-10H2,1-3H3. The van der Waals surface area contributed by atoms with Gasteiger partial charge in [-0.05, 0) is 20.3 Å². The van der Waals surface area contributed by atoms with E-state index in [-0.39, 0.29) is 23.4 Å². The predicted octanol–water partition coefficient (Wildman–Crippen LogP) is 3.07. The molecule has 1 aliphatic rings. The number of nitrogens with zero attached hydrogens (tertiary/aromatic N) is 1. The van der Waals surface area contributed by atoms with Crippen molar-refractivity contribution in [1.29, 1.82) is 0 Å². The van der Waals surface area contributed by atoms with Crippen molar-refractivity contribution in [2.24, 2.45) is 0 Å². The first-order chi connectivity index (χ1) is 11.4. The van der Waals surface area contributed by atoms with Crippen LogP contribution >= 0.6 is 0 Å². The van der Waals surface area contributed by atoms with E-state index in [0.29, 0.717) is 19.7 Å². The van der Waals surface area contributed by atoms with Gasteiger partial charge in [-0.1, -0.05) is 6.92 Å². The second-order valence-electron chi connectivity index (χ2n) is 6.03. The molecule has 1 aromatic rings. The van der Waals surface area contributed by atoms with Crippen LogP contribution in [0.4, 0.5) is 13.6 Å². The fourth-order valence-corrected chi connectivity index (χ4v) is 2.72. The minimum atomic E-state index is -0.782. The van der Waals surface area contributed by atoms with E-state index in [1.54, 1.807) is 4.90 Å². The molecule has 0 spiro atoms. The van der Waals surface area contributed by atoms with Gasteiger partial charge < -0.3 is 19.7 Å². The number of benzene rings is 1. The van der Waals surface area contributed by atoms with Crippen molar-refractivity contribution < 1.29 is 23.0 Å². The van der Waals surface area contributed by atoms with Crippen LogP contribution in [0.3, 0.4) is 0 Å². The molecule has 0 bridgehead atoms. The molecule has 2 atom stereocenters. The van der Waals surface area contributed by atoms with Crippen LogP contribution in [0, 0.1) is 11.6 Å². The number of hydrogen-bond donors (Lipinski definition) is 1. The first-order valence-corrected chi connectivity index (χ1v) is 8.20. The van der Waals surface area contributed by atoms with Gasteiger partial charge in [-0.15, -0.1) is 0 Å². The molecule has 1 saturated heterocycles. The molecule has 1 N–H and O–H groups in total. The van der Waals surface area contributed by atoms with Crippen molar-refractivity contribution in [3.05, 3.63) is 29.3 Å². The zero-order valence-electron chi connectivity index (χ0n) is 14.3. The van der Waals surface area contributed by atoms with Gasteiger partial charge in [0.2, 0.25) is 0 Å². The first kappa shape index (κ1) is 18.4. The molecule has 24 heavy (non-hydrogen) atoms.